The fourth-order valence-corrected chi connectivity index (χ4v) is 4.73. The van der Waals surface area contributed by atoms with Gasteiger partial charge in [-0.05, 0) is 73.0 Å². The summed E-state index contributed by atoms with van der Waals surface area (Å²) in [5.74, 6) is -0.0238. The minimum atomic E-state index is -0.884. The first kappa shape index (κ1) is 25.9. The third-order valence-electron chi connectivity index (χ3n) is 6.60. The highest BCUT2D eigenvalue weighted by atomic mass is 16.5. The summed E-state index contributed by atoms with van der Waals surface area (Å²) in [4.78, 5) is 28.0. The second-order valence-electron chi connectivity index (χ2n) is 9.28. The van der Waals surface area contributed by atoms with Crippen LogP contribution in [0.25, 0.3) is 5.76 Å². The van der Waals surface area contributed by atoms with E-state index in [4.69, 9.17) is 13.9 Å². The van der Waals surface area contributed by atoms with Crippen LogP contribution >= 0.6 is 0 Å². The quantitative estimate of drug-likeness (QED) is 0.160. The average Bonchev–Trinajstić information content (AvgIpc) is 3.56. The van der Waals surface area contributed by atoms with Gasteiger partial charge in [0.25, 0.3) is 11.7 Å². The molecule has 7 nitrogen and oxygen atoms in total. The zero-order valence-corrected chi connectivity index (χ0v) is 21.8. The standard InChI is InChI=1S/C32H29NO6/c1-3-37-25-12-7-11-23(18-25)19-33-29(27-13-8-16-38-27)28(31(35)32(33)36)30(34)24-14-15-26(21(2)17-24)39-20-22-9-5-4-6-10-22/h4-18,29,34H,3,19-20H2,1-2H3/b30-28-. The van der Waals surface area contributed by atoms with E-state index in [0.717, 1.165) is 16.7 Å². The Bertz CT molecular complexity index is 1510. The van der Waals surface area contributed by atoms with Gasteiger partial charge in [0.05, 0.1) is 18.4 Å². The van der Waals surface area contributed by atoms with E-state index < -0.39 is 17.7 Å². The predicted octanol–water partition coefficient (Wildman–Crippen LogP) is 6.19. The van der Waals surface area contributed by atoms with E-state index in [1.54, 1.807) is 30.3 Å². The molecule has 4 aromatic rings. The highest BCUT2D eigenvalue weighted by molar-refractivity contribution is 6.46. The molecule has 1 aliphatic rings. The Morgan fingerprint density at radius 2 is 1.72 bits per heavy atom. The zero-order valence-electron chi connectivity index (χ0n) is 21.8. The highest BCUT2D eigenvalue weighted by Crippen LogP contribution is 2.41. The van der Waals surface area contributed by atoms with Crippen molar-refractivity contribution in [2.24, 2.45) is 0 Å². The van der Waals surface area contributed by atoms with Crippen LogP contribution in [0.5, 0.6) is 11.5 Å². The van der Waals surface area contributed by atoms with Gasteiger partial charge in [-0.15, -0.1) is 0 Å². The molecule has 1 atom stereocenters. The molecule has 0 aliphatic carbocycles. The van der Waals surface area contributed by atoms with E-state index in [9.17, 15) is 14.7 Å². The van der Waals surface area contributed by atoms with Crippen LogP contribution in [0.2, 0.25) is 0 Å². The maximum atomic E-state index is 13.3. The molecular formula is C32H29NO6. The van der Waals surface area contributed by atoms with Gasteiger partial charge in [0.15, 0.2) is 0 Å². The van der Waals surface area contributed by atoms with Gasteiger partial charge in [-0.25, -0.2) is 0 Å². The van der Waals surface area contributed by atoms with Gasteiger partial charge in [0, 0.05) is 12.1 Å². The van der Waals surface area contributed by atoms with Crippen LogP contribution in [0.4, 0.5) is 0 Å². The fraction of sp³-hybridized carbons (Fsp3) is 0.188. The number of carbonyl (C=O) groups excluding carboxylic acids is 2. The first-order chi connectivity index (χ1) is 19.0. The molecular weight excluding hydrogens is 494 g/mol. The number of benzene rings is 3. The Morgan fingerprint density at radius 3 is 2.44 bits per heavy atom. The maximum absolute atomic E-state index is 13.3. The van der Waals surface area contributed by atoms with Crippen LogP contribution in [-0.2, 0) is 22.7 Å². The summed E-state index contributed by atoms with van der Waals surface area (Å²) >= 11 is 0. The van der Waals surface area contributed by atoms with Crippen LogP contribution in [0.1, 0.15) is 41.0 Å². The Balaban J connectivity index is 1.47. The first-order valence-electron chi connectivity index (χ1n) is 12.8. The SMILES string of the molecule is CCOc1cccc(CN2C(=O)C(=O)/C(=C(\O)c3ccc(OCc4ccccc4)c(C)c3)C2c2ccco2)c1. The third kappa shape index (κ3) is 5.43. The normalized spacial score (nSPS) is 16.5. The number of hydrogen-bond donors (Lipinski definition) is 1. The molecule has 3 aromatic carbocycles. The van der Waals surface area contributed by atoms with Gasteiger partial charge < -0.3 is 23.9 Å². The summed E-state index contributed by atoms with van der Waals surface area (Å²) < 4.78 is 17.2. The fourth-order valence-electron chi connectivity index (χ4n) is 4.73. The highest BCUT2D eigenvalue weighted by Gasteiger charge is 2.47. The summed E-state index contributed by atoms with van der Waals surface area (Å²) in [6.07, 6.45) is 1.48. The van der Waals surface area contributed by atoms with E-state index in [1.807, 2.05) is 68.4 Å². The average molecular weight is 524 g/mol. The second kappa shape index (κ2) is 11.3. The Morgan fingerprint density at radius 1 is 0.923 bits per heavy atom. The number of nitrogens with zero attached hydrogens (tertiary/aromatic N) is 1. The van der Waals surface area contributed by atoms with E-state index in [1.165, 1.54) is 11.2 Å². The Labute approximate surface area is 226 Å². The molecule has 1 fully saturated rings. The van der Waals surface area contributed by atoms with E-state index >= 15 is 0 Å². The number of ether oxygens (including phenoxy) is 2. The second-order valence-corrected chi connectivity index (χ2v) is 9.28. The maximum Gasteiger partial charge on any atom is 0.296 e. The molecule has 2 heterocycles. The third-order valence-corrected chi connectivity index (χ3v) is 6.60. The largest absolute Gasteiger partial charge is 0.507 e. The number of aryl methyl sites for hydroxylation is 1. The van der Waals surface area contributed by atoms with E-state index in [2.05, 4.69) is 0 Å². The monoisotopic (exact) mass is 523 g/mol. The number of carbonyl (C=O) groups is 2. The molecule has 1 aromatic heterocycles. The summed E-state index contributed by atoms with van der Waals surface area (Å²) in [7, 11) is 0. The summed E-state index contributed by atoms with van der Waals surface area (Å²) in [5.41, 5.74) is 3.00. The van der Waals surface area contributed by atoms with Crippen LogP contribution in [0.15, 0.2) is 101 Å². The number of Topliss-reactive ketones (excluding diaryl/α,β-unsaturated/α-hetero) is 1. The van der Waals surface area contributed by atoms with Gasteiger partial charge in [0.1, 0.15) is 35.7 Å². The van der Waals surface area contributed by atoms with Crippen LogP contribution in [0, 0.1) is 6.92 Å². The van der Waals surface area contributed by atoms with Gasteiger partial charge >= 0.3 is 0 Å². The first-order valence-corrected chi connectivity index (χ1v) is 12.8. The molecule has 1 amide bonds. The number of hydrogen-bond acceptors (Lipinski definition) is 6. The lowest BCUT2D eigenvalue weighted by atomic mass is 9.98. The lowest BCUT2D eigenvalue weighted by Gasteiger charge is -2.23. The minimum Gasteiger partial charge on any atom is -0.507 e. The van der Waals surface area contributed by atoms with Gasteiger partial charge in [-0.2, -0.15) is 0 Å². The molecule has 7 heteroatoms. The summed E-state index contributed by atoms with van der Waals surface area (Å²) in [5, 5.41) is 11.4. The molecule has 198 valence electrons. The molecule has 1 saturated heterocycles. The minimum absolute atomic E-state index is 0.0201. The van der Waals surface area contributed by atoms with Crippen molar-refractivity contribution in [3.05, 3.63) is 125 Å². The van der Waals surface area contributed by atoms with Crippen molar-refractivity contribution < 1.29 is 28.6 Å². The number of likely N-dealkylation sites (tertiary alicyclic amines) is 1. The summed E-state index contributed by atoms with van der Waals surface area (Å²) in [6.45, 7) is 4.81. The van der Waals surface area contributed by atoms with Crippen molar-refractivity contribution in [3.63, 3.8) is 0 Å². The topological polar surface area (TPSA) is 89.2 Å². The van der Waals surface area contributed by atoms with Crippen molar-refractivity contribution in [1.29, 1.82) is 0 Å². The van der Waals surface area contributed by atoms with Crippen molar-refractivity contribution in [2.45, 2.75) is 33.0 Å². The molecule has 0 radical (unpaired) electrons. The lowest BCUT2D eigenvalue weighted by molar-refractivity contribution is -0.140. The van der Waals surface area contributed by atoms with Crippen molar-refractivity contribution >= 4 is 17.4 Å². The van der Waals surface area contributed by atoms with Gasteiger partial charge in [0.2, 0.25) is 0 Å². The molecule has 0 saturated carbocycles. The molecule has 39 heavy (non-hydrogen) atoms. The van der Waals surface area contributed by atoms with Crippen LogP contribution in [0.3, 0.4) is 0 Å². The van der Waals surface area contributed by atoms with Crippen molar-refractivity contribution in [3.8, 4) is 11.5 Å². The number of ketones is 1. The molecule has 1 unspecified atom stereocenters. The van der Waals surface area contributed by atoms with Crippen LogP contribution < -0.4 is 9.47 Å². The lowest BCUT2D eigenvalue weighted by Crippen LogP contribution is -2.29. The predicted molar refractivity (Wildman–Crippen MR) is 146 cm³/mol. The molecule has 0 bridgehead atoms. The molecule has 1 aliphatic heterocycles. The van der Waals surface area contributed by atoms with Gasteiger partial charge in [-0.1, -0.05) is 42.5 Å². The van der Waals surface area contributed by atoms with Crippen molar-refractivity contribution in [2.75, 3.05) is 6.61 Å². The summed E-state index contributed by atoms with van der Waals surface area (Å²) in [6, 6.07) is 24.9. The van der Waals surface area contributed by atoms with Crippen LogP contribution in [-0.4, -0.2) is 28.3 Å². The zero-order chi connectivity index (χ0) is 27.4. The van der Waals surface area contributed by atoms with Crippen molar-refractivity contribution in [1.82, 2.24) is 4.90 Å². The number of furan rings is 1. The van der Waals surface area contributed by atoms with Gasteiger partial charge in [-0.3, -0.25) is 9.59 Å². The number of amides is 1. The van der Waals surface area contributed by atoms with E-state index in [0.29, 0.717) is 36.0 Å². The van der Waals surface area contributed by atoms with E-state index in [-0.39, 0.29) is 17.9 Å². The Hall–Kier alpha value is -4.78. The number of aliphatic hydroxyl groups excluding tert-OH is 1. The molecule has 1 N–H and O–H groups in total. The Kier molecular flexibility index (Phi) is 7.50. The number of aliphatic hydroxyl groups is 1. The smallest absolute Gasteiger partial charge is 0.296 e. The molecule has 0 spiro atoms. The molecule has 5 rings (SSSR count). The number of rotatable bonds is 9.